The average molecular weight is 1070 g/mol. The SMILES string of the molecule is CO[C@H]1C[C@@H]2CC[C@@H](C)[C@@](O)(O2)C(=O)C(=O)N2CCCC[C@H]2C(=O)O[C@H]([C@H](C)C[C@@H]2CC[C@@H](OC(=O)C(C)(CO)COC(C)C)[C@H](OC)C2)CC(=O)[C@H](C)/C=C(\C)[C@@H](O)[C@@H](OC)C(=O)[C@H](C)C[C@H](C)/C=C/C=C/C=C/1C. The Balaban J connectivity index is 1.68. The number of rotatable bonds is 12. The second-order valence-electron chi connectivity index (χ2n) is 23.0. The van der Waals surface area contributed by atoms with E-state index >= 15 is 0 Å². The fourth-order valence-corrected chi connectivity index (χ4v) is 11.0. The molecule has 3 N–H and O–H groups in total. The number of carbonyl (C=O) groups is 6. The van der Waals surface area contributed by atoms with Gasteiger partial charge >= 0.3 is 11.9 Å². The molecule has 1 amide bonds. The van der Waals surface area contributed by atoms with Gasteiger partial charge in [0, 0.05) is 58.5 Å². The highest BCUT2D eigenvalue weighted by Gasteiger charge is 2.53. The number of carbonyl (C=O) groups excluding carboxylic acids is 6. The van der Waals surface area contributed by atoms with E-state index in [0.717, 1.165) is 5.57 Å². The van der Waals surface area contributed by atoms with Crippen LogP contribution in [0.25, 0.3) is 0 Å². The minimum Gasteiger partial charge on any atom is -0.460 e. The van der Waals surface area contributed by atoms with Crippen molar-refractivity contribution in [1.82, 2.24) is 4.90 Å². The van der Waals surface area contributed by atoms with Crippen LogP contribution in [0.15, 0.2) is 47.6 Å². The summed E-state index contributed by atoms with van der Waals surface area (Å²) in [6.07, 6.45) is 9.92. The summed E-state index contributed by atoms with van der Waals surface area (Å²) in [5.41, 5.74) is -0.0531. The lowest BCUT2D eigenvalue weighted by atomic mass is 9.78. The van der Waals surface area contributed by atoms with E-state index in [9.17, 15) is 44.1 Å². The number of nitrogens with zero attached hydrogens (tertiary/aromatic N) is 1. The molecule has 0 aromatic rings. The summed E-state index contributed by atoms with van der Waals surface area (Å²) in [7, 11) is 4.48. The van der Waals surface area contributed by atoms with Crippen LogP contribution in [0.3, 0.4) is 0 Å². The van der Waals surface area contributed by atoms with Crippen molar-refractivity contribution in [2.45, 2.75) is 207 Å². The first-order valence-electron chi connectivity index (χ1n) is 27.8. The van der Waals surface area contributed by atoms with E-state index in [1.165, 1.54) is 12.0 Å². The fraction of sp³-hybridized carbons (Fsp3) is 0.763. The fourth-order valence-electron chi connectivity index (χ4n) is 11.0. The number of aliphatic hydroxyl groups is 3. The van der Waals surface area contributed by atoms with E-state index in [-0.39, 0.29) is 55.5 Å². The molecule has 2 saturated heterocycles. The Morgan fingerprint density at radius 3 is 2.22 bits per heavy atom. The van der Waals surface area contributed by atoms with Gasteiger partial charge in [0.2, 0.25) is 5.79 Å². The molecule has 4 aliphatic rings. The van der Waals surface area contributed by atoms with E-state index in [4.69, 9.17) is 33.2 Å². The minimum absolute atomic E-state index is 0.00438. The topological polar surface area (TPSA) is 231 Å². The number of aliphatic hydroxyl groups excluding tert-OH is 2. The van der Waals surface area contributed by atoms with Crippen LogP contribution in [0.1, 0.15) is 146 Å². The van der Waals surface area contributed by atoms with Crippen molar-refractivity contribution in [3.8, 4) is 0 Å². The van der Waals surface area contributed by atoms with Crippen LogP contribution in [-0.2, 0) is 61.9 Å². The number of allylic oxidation sites excluding steroid dienone is 6. The van der Waals surface area contributed by atoms with Crippen molar-refractivity contribution in [2.75, 3.05) is 41.1 Å². The molecule has 17 nitrogen and oxygen atoms in total. The number of amides is 1. The Kier molecular flexibility index (Phi) is 25.4. The van der Waals surface area contributed by atoms with Crippen LogP contribution in [0.5, 0.6) is 0 Å². The molecule has 2 bridgehead atoms. The van der Waals surface area contributed by atoms with Gasteiger partial charge in [-0.15, -0.1) is 0 Å². The number of cyclic esters (lactones) is 1. The third-order valence-corrected chi connectivity index (χ3v) is 16.3. The highest BCUT2D eigenvalue weighted by Crippen LogP contribution is 2.39. The molecular weight excluding hydrogens is 979 g/mol. The summed E-state index contributed by atoms with van der Waals surface area (Å²) in [6, 6.07) is -1.19. The Morgan fingerprint density at radius 1 is 0.868 bits per heavy atom. The summed E-state index contributed by atoms with van der Waals surface area (Å²) in [4.78, 5) is 86.1. The molecule has 1 aliphatic carbocycles. The monoisotopic (exact) mass is 1070 g/mol. The van der Waals surface area contributed by atoms with E-state index in [2.05, 4.69) is 0 Å². The normalized spacial score (nSPS) is 37.1. The van der Waals surface area contributed by atoms with Gasteiger partial charge in [0.1, 0.15) is 41.7 Å². The second kappa shape index (κ2) is 29.9. The largest absolute Gasteiger partial charge is 0.460 e. The number of ketones is 3. The number of hydrogen-bond donors (Lipinski definition) is 3. The summed E-state index contributed by atoms with van der Waals surface area (Å²) >= 11 is 0. The van der Waals surface area contributed by atoms with Crippen molar-refractivity contribution in [2.24, 2.45) is 40.9 Å². The molecule has 16 atom stereocenters. The van der Waals surface area contributed by atoms with Gasteiger partial charge < -0.3 is 53.4 Å². The number of ether oxygens (including phenoxy) is 7. The first kappa shape index (κ1) is 64.6. The van der Waals surface area contributed by atoms with Gasteiger partial charge in [0.05, 0.1) is 37.6 Å². The Morgan fingerprint density at radius 2 is 1.58 bits per heavy atom. The molecule has 0 spiro atoms. The molecule has 4 rings (SSSR count). The van der Waals surface area contributed by atoms with E-state index in [1.54, 1.807) is 54.9 Å². The summed E-state index contributed by atoms with van der Waals surface area (Å²) < 4.78 is 41.5. The van der Waals surface area contributed by atoms with Crippen LogP contribution < -0.4 is 0 Å². The molecule has 0 radical (unpaired) electrons. The predicted octanol–water partition coefficient (Wildman–Crippen LogP) is 7.16. The van der Waals surface area contributed by atoms with Crippen molar-refractivity contribution in [3.63, 3.8) is 0 Å². The van der Waals surface area contributed by atoms with Crippen LogP contribution in [0.2, 0.25) is 0 Å². The van der Waals surface area contributed by atoms with Crippen LogP contribution in [0.4, 0.5) is 0 Å². The van der Waals surface area contributed by atoms with Gasteiger partial charge in [-0.05, 0) is 128 Å². The zero-order chi connectivity index (χ0) is 56.7. The van der Waals surface area contributed by atoms with Crippen LogP contribution >= 0.6 is 0 Å². The standard InChI is InChI=1S/C59H93NO16/c1-35(2)73-34-58(10,33-61)57(68)75-47-25-23-43(30-50(47)71-12)29-39(6)49-32-46(62)38(5)28-41(8)52(64)53(72-13)51(63)40(7)27-36(3)19-15-14-16-20-37(4)48(70-11)31-44-24-22-42(9)59(69,76-44)54(65)55(66)60-26-18-17-21-45(60)56(67)74-49/h14-16,19-20,28,35-36,38-40,42-45,47-50,52-53,61,64,69H,17-18,21-27,29-34H2,1-13H3/b16-14+,19-15+,37-20+,41-28+/t36-,38-,39-,40-,42-,43+,44+,45+,47-,48+,49+,50-,52-,53+,58?,59-/m1/s1. The zero-order valence-electron chi connectivity index (χ0n) is 47.8. The number of hydrogen-bond acceptors (Lipinski definition) is 16. The molecule has 1 saturated carbocycles. The van der Waals surface area contributed by atoms with Gasteiger partial charge in [-0.3, -0.25) is 24.0 Å². The van der Waals surface area contributed by atoms with Crippen LogP contribution in [-0.4, -0.2) is 157 Å². The lowest BCUT2D eigenvalue weighted by Crippen LogP contribution is -2.61. The first-order valence-corrected chi connectivity index (χ1v) is 27.8. The van der Waals surface area contributed by atoms with Crippen molar-refractivity contribution in [1.29, 1.82) is 0 Å². The Bertz CT molecular complexity index is 2080. The molecule has 17 heteroatoms. The zero-order valence-corrected chi connectivity index (χ0v) is 47.8. The van der Waals surface area contributed by atoms with E-state index < -0.39 is 114 Å². The number of Topliss-reactive ketones (excluding diaryl/α,β-unsaturated/α-hetero) is 3. The van der Waals surface area contributed by atoms with Gasteiger partial charge in [-0.25, -0.2) is 4.79 Å². The Hall–Kier alpha value is -3.94. The van der Waals surface area contributed by atoms with E-state index in [0.29, 0.717) is 69.8 Å². The number of piperidine rings is 1. The molecule has 430 valence electrons. The summed E-state index contributed by atoms with van der Waals surface area (Å²) in [5.74, 6) is -9.12. The molecule has 0 aromatic heterocycles. The first-order chi connectivity index (χ1) is 35.8. The maximum absolute atomic E-state index is 14.6. The molecule has 3 heterocycles. The van der Waals surface area contributed by atoms with Gasteiger partial charge in [-0.1, -0.05) is 71.1 Å². The molecule has 3 fully saturated rings. The van der Waals surface area contributed by atoms with Crippen molar-refractivity contribution < 1.29 is 77.2 Å². The smallest absolute Gasteiger partial charge is 0.329 e. The maximum atomic E-state index is 14.6. The Labute approximate surface area is 452 Å². The van der Waals surface area contributed by atoms with Crippen molar-refractivity contribution >= 4 is 35.2 Å². The van der Waals surface area contributed by atoms with Gasteiger partial charge in [0.25, 0.3) is 11.7 Å². The highest BCUT2D eigenvalue weighted by atomic mass is 16.6. The third-order valence-electron chi connectivity index (χ3n) is 16.3. The quantitative estimate of drug-likeness (QED) is 0.100. The van der Waals surface area contributed by atoms with Gasteiger partial charge in [-0.2, -0.15) is 0 Å². The lowest BCUT2D eigenvalue weighted by Gasteiger charge is -2.42. The minimum atomic E-state index is -2.47. The second-order valence-corrected chi connectivity index (χ2v) is 23.0. The molecule has 0 aromatic carbocycles. The summed E-state index contributed by atoms with van der Waals surface area (Å²) in [6.45, 7) is 17.4. The molecule has 76 heavy (non-hydrogen) atoms. The highest BCUT2D eigenvalue weighted by molar-refractivity contribution is 6.39. The van der Waals surface area contributed by atoms with Gasteiger partial charge in [0.15, 0.2) is 5.78 Å². The average Bonchev–Trinajstić information content (AvgIpc) is 3.39. The number of esters is 2. The lowest BCUT2D eigenvalue weighted by molar-refractivity contribution is -0.265. The number of methoxy groups -OCH3 is 3. The molecule has 3 aliphatic heterocycles. The maximum Gasteiger partial charge on any atom is 0.329 e. The number of fused-ring (bicyclic) bond motifs is 3. The van der Waals surface area contributed by atoms with E-state index in [1.807, 2.05) is 65.0 Å². The van der Waals surface area contributed by atoms with Crippen LogP contribution in [0, 0.1) is 40.9 Å². The predicted molar refractivity (Wildman–Crippen MR) is 285 cm³/mol. The summed E-state index contributed by atoms with van der Waals surface area (Å²) in [5, 5.41) is 33.8. The van der Waals surface area contributed by atoms with Crippen molar-refractivity contribution in [3.05, 3.63) is 47.6 Å². The molecule has 1 unspecified atom stereocenters. The third kappa shape index (κ3) is 17.3. The molecular formula is C59H93NO16.